The van der Waals surface area contributed by atoms with Crippen LogP contribution in [-0.4, -0.2) is 5.54 Å². The molecule has 3 heteroatoms. The van der Waals surface area contributed by atoms with E-state index in [2.05, 4.69) is 18.3 Å². The van der Waals surface area contributed by atoms with Crippen molar-refractivity contribution in [2.75, 3.05) is 5.32 Å². The molecule has 1 rings (SSSR count). The van der Waals surface area contributed by atoms with E-state index in [0.717, 1.165) is 24.9 Å². The summed E-state index contributed by atoms with van der Waals surface area (Å²) in [5.74, 6) is 0. The molecule has 0 radical (unpaired) electrons. The van der Waals surface area contributed by atoms with Gasteiger partial charge in [0.15, 0.2) is 0 Å². The van der Waals surface area contributed by atoms with Gasteiger partial charge in [0.2, 0.25) is 0 Å². The summed E-state index contributed by atoms with van der Waals surface area (Å²) < 4.78 is 0. The molecule has 0 saturated heterocycles. The molecule has 0 spiro atoms. The van der Waals surface area contributed by atoms with E-state index < -0.39 is 5.54 Å². The van der Waals surface area contributed by atoms with Crippen molar-refractivity contribution in [2.45, 2.75) is 38.6 Å². The van der Waals surface area contributed by atoms with E-state index in [9.17, 15) is 5.26 Å². The Kier molecular flexibility index (Phi) is 4.64. The van der Waals surface area contributed by atoms with Gasteiger partial charge in [0.25, 0.3) is 0 Å². The molecular formula is C13H17ClN2. The summed E-state index contributed by atoms with van der Waals surface area (Å²) >= 11 is 5.91. The number of hydrogen-bond acceptors (Lipinski definition) is 2. The van der Waals surface area contributed by atoms with Crippen LogP contribution >= 0.6 is 11.6 Å². The Morgan fingerprint density at radius 3 is 2.69 bits per heavy atom. The first-order valence-electron chi connectivity index (χ1n) is 5.61. The third kappa shape index (κ3) is 3.15. The fraction of sp³-hybridized carbons (Fsp3) is 0.462. The smallest absolute Gasteiger partial charge is 0.125 e. The third-order valence-electron chi connectivity index (χ3n) is 2.70. The molecule has 86 valence electrons. The van der Waals surface area contributed by atoms with Gasteiger partial charge in [-0.15, -0.1) is 0 Å². The lowest BCUT2D eigenvalue weighted by Gasteiger charge is -2.27. The van der Waals surface area contributed by atoms with Crippen LogP contribution in [0.1, 0.15) is 33.1 Å². The number of benzene rings is 1. The molecule has 1 aromatic rings. The van der Waals surface area contributed by atoms with Crippen molar-refractivity contribution < 1.29 is 0 Å². The Labute approximate surface area is 102 Å². The second-order valence-electron chi connectivity index (χ2n) is 3.93. The van der Waals surface area contributed by atoms with E-state index in [-0.39, 0.29) is 0 Å². The van der Waals surface area contributed by atoms with E-state index in [1.807, 2.05) is 31.2 Å². The quantitative estimate of drug-likeness (QED) is 0.831. The van der Waals surface area contributed by atoms with Crippen molar-refractivity contribution in [3.63, 3.8) is 0 Å². The maximum absolute atomic E-state index is 9.29. The lowest BCUT2D eigenvalue weighted by molar-refractivity contribution is 0.514. The SMILES string of the molecule is CCCC(C#N)(CC)Nc1cccc(Cl)c1. The minimum absolute atomic E-state index is 0.473. The fourth-order valence-corrected chi connectivity index (χ4v) is 1.95. The molecule has 0 saturated carbocycles. The summed E-state index contributed by atoms with van der Waals surface area (Å²) in [7, 11) is 0. The summed E-state index contributed by atoms with van der Waals surface area (Å²) in [6.45, 7) is 4.11. The van der Waals surface area contributed by atoms with Crippen molar-refractivity contribution in [2.24, 2.45) is 0 Å². The third-order valence-corrected chi connectivity index (χ3v) is 2.94. The van der Waals surface area contributed by atoms with E-state index in [1.165, 1.54) is 0 Å². The molecular weight excluding hydrogens is 220 g/mol. The van der Waals surface area contributed by atoms with Gasteiger partial charge < -0.3 is 5.32 Å². The van der Waals surface area contributed by atoms with Crippen molar-refractivity contribution in [1.82, 2.24) is 0 Å². The van der Waals surface area contributed by atoms with E-state index in [1.54, 1.807) is 0 Å². The molecule has 1 unspecified atom stereocenters. The predicted octanol–water partition coefficient (Wildman–Crippen LogP) is 4.22. The molecule has 0 aliphatic rings. The van der Waals surface area contributed by atoms with Gasteiger partial charge in [-0.1, -0.05) is 37.9 Å². The molecule has 2 nitrogen and oxygen atoms in total. The molecule has 0 aliphatic heterocycles. The largest absolute Gasteiger partial charge is 0.367 e. The zero-order valence-electron chi connectivity index (χ0n) is 9.76. The highest BCUT2D eigenvalue weighted by atomic mass is 35.5. The molecule has 0 fully saturated rings. The van der Waals surface area contributed by atoms with Crippen LogP contribution in [0, 0.1) is 11.3 Å². The first-order valence-corrected chi connectivity index (χ1v) is 5.98. The zero-order chi connectivity index (χ0) is 12.0. The Bertz CT molecular complexity index is 384. The summed E-state index contributed by atoms with van der Waals surface area (Å²) in [4.78, 5) is 0. The number of rotatable bonds is 5. The Morgan fingerprint density at radius 1 is 1.44 bits per heavy atom. The normalized spacial score (nSPS) is 13.9. The zero-order valence-corrected chi connectivity index (χ0v) is 10.5. The standard InChI is InChI=1S/C13H17ClN2/c1-3-8-13(4-2,10-15)16-12-7-5-6-11(14)9-12/h5-7,9,16H,3-4,8H2,1-2H3. The van der Waals surface area contributed by atoms with Crippen molar-refractivity contribution in [3.8, 4) is 6.07 Å². The van der Waals surface area contributed by atoms with Crippen LogP contribution in [0.4, 0.5) is 5.69 Å². The van der Waals surface area contributed by atoms with Crippen LogP contribution in [0.15, 0.2) is 24.3 Å². The van der Waals surface area contributed by atoms with Gasteiger partial charge in [0.1, 0.15) is 5.54 Å². The monoisotopic (exact) mass is 236 g/mol. The highest BCUT2D eigenvalue weighted by molar-refractivity contribution is 6.30. The summed E-state index contributed by atoms with van der Waals surface area (Å²) in [5.41, 5.74) is 0.434. The van der Waals surface area contributed by atoms with Gasteiger partial charge in [0.05, 0.1) is 6.07 Å². The van der Waals surface area contributed by atoms with Gasteiger partial charge in [-0.3, -0.25) is 0 Å². The lowest BCUT2D eigenvalue weighted by atomic mass is 9.92. The van der Waals surface area contributed by atoms with Gasteiger partial charge in [-0.05, 0) is 31.0 Å². The molecule has 0 amide bonds. The lowest BCUT2D eigenvalue weighted by Crippen LogP contribution is -2.35. The van der Waals surface area contributed by atoms with Crippen LogP contribution < -0.4 is 5.32 Å². The number of anilines is 1. The molecule has 0 aromatic heterocycles. The van der Waals surface area contributed by atoms with Gasteiger partial charge in [-0.25, -0.2) is 0 Å². The molecule has 0 heterocycles. The maximum atomic E-state index is 9.29. The topological polar surface area (TPSA) is 35.8 Å². The Morgan fingerprint density at radius 2 is 2.19 bits per heavy atom. The van der Waals surface area contributed by atoms with Crippen LogP contribution in [0.2, 0.25) is 5.02 Å². The number of nitrogens with one attached hydrogen (secondary N) is 1. The molecule has 1 aromatic carbocycles. The molecule has 0 aliphatic carbocycles. The van der Waals surface area contributed by atoms with E-state index in [0.29, 0.717) is 5.02 Å². The van der Waals surface area contributed by atoms with Crippen LogP contribution in [-0.2, 0) is 0 Å². The number of nitrogens with zero attached hydrogens (tertiary/aromatic N) is 1. The van der Waals surface area contributed by atoms with E-state index >= 15 is 0 Å². The second-order valence-corrected chi connectivity index (χ2v) is 4.37. The number of hydrogen-bond donors (Lipinski definition) is 1. The minimum atomic E-state index is -0.473. The summed E-state index contributed by atoms with van der Waals surface area (Å²) in [5, 5.41) is 13.3. The van der Waals surface area contributed by atoms with Gasteiger partial charge in [0, 0.05) is 10.7 Å². The van der Waals surface area contributed by atoms with Crippen molar-refractivity contribution in [3.05, 3.63) is 29.3 Å². The molecule has 0 bridgehead atoms. The van der Waals surface area contributed by atoms with Crippen LogP contribution in [0.3, 0.4) is 0 Å². The first kappa shape index (κ1) is 12.9. The summed E-state index contributed by atoms with van der Waals surface area (Å²) in [6.07, 6.45) is 2.60. The number of nitriles is 1. The predicted molar refractivity (Wildman–Crippen MR) is 68.6 cm³/mol. The van der Waals surface area contributed by atoms with Crippen molar-refractivity contribution >= 4 is 17.3 Å². The maximum Gasteiger partial charge on any atom is 0.125 e. The Balaban J connectivity index is 2.88. The molecule has 16 heavy (non-hydrogen) atoms. The summed E-state index contributed by atoms with van der Waals surface area (Å²) in [6, 6.07) is 9.87. The van der Waals surface area contributed by atoms with Crippen LogP contribution in [0.25, 0.3) is 0 Å². The van der Waals surface area contributed by atoms with Gasteiger partial charge in [-0.2, -0.15) is 5.26 Å². The highest BCUT2D eigenvalue weighted by Gasteiger charge is 2.26. The fourth-order valence-electron chi connectivity index (χ4n) is 1.76. The highest BCUT2D eigenvalue weighted by Crippen LogP contribution is 2.24. The van der Waals surface area contributed by atoms with Gasteiger partial charge >= 0.3 is 0 Å². The average Bonchev–Trinajstić information content (AvgIpc) is 2.28. The Hall–Kier alpha value is -1.20. The van der Waals surface area contributed by atoms with Crippen LogP contribution in [0.5, 0.6) is 0 Å². The first-order chi connectivity index (χ1) is 7.65. The molecule has 1 atom stereocenters. The number of halogens is 1. The average molecular weight is 237 g/mol. The minimum Gasteiger partial charge on any atom is -0.367 e. The van der Waals surface area contributed by atoms with E-state index in [4.69, 9.17) is 11.6 Å². The molecule has 1 N–H and O–H groups in total. The second kappa shape index (κ2) is 5.77. The van der Waals surface area contributed by atoms with Crippen molar-refractivity contribution in [1.29, 1.82) is 5.26 Å².